The topological polar surface area (TPSA) is 63.7 Å². The van der Waals surface area contributed by atoms with Gasteiger partial charge in [-0.1, -0.05) is 6.07 Å². The summed E-state index contributed by atoms with van der Waals surface area (Å²) in [4.78, 5) is 19.6. The zero-order valence-corrected chi connectivity index (χ0v) is 16.5. The van der Waals surface area contributed by atoms with Gasteiger partial charge in [-0.25, -0.2) is 4.98 Å². The zero-order chi connectivity index (χ0) is 19.5. The third-order valence-corrected chi connectivity index (χ3v) is 5.61. The number of fused-ring (bicyclic) bond motifs is 1. The van der Waals surface area contributed by atoms with Gasteiger partial charge in [0.2, 0.25) is 5.91 Å². The van der Waals surface area contributed by atoms with Crippen LogP contribution in [0.2, 0.25) is 0 Å². The van der Waals surface area contributed by atoms with Crippen LogP contribution in [0.4, 0.5) is 5.82 Å². The number of hydrogen-bond donors (Lipinski definition) is 1. The van der Waals surface area contributed by atoms with Crippen molar-refractivity contribution in [2.75, 3.05) is 31.7 Å². The molecule has 1 N–H and O–H groups in total. The maximum absolute atomic E-state index is 12.8. The van der Waals surface area contributed by atoms with Gasteiger partial charge in [-0.05, 0) is 61.6 Å². The molecule has 28 heavy (non-hydrogen) atoms. The van der Waals surface area contributed by atoms with Gasteiger partial charge < -0.3 is 19.7 Å². The Kier molecular flexibility index (Phi) is 5.37. The molecule has 3 heterocycles. The SMILES string of the molecule is COc1ccc2c(c1)CC(C(=O)NC1CCN(c3ccc(C)cn3)CC1)CO2. The second kappa shape index (κ2) is 8.09. The van der Waals surface area contributed by atoms with Crippen LogP contribution in [0.15, 0.2) is 36.5 Å². The fourth-order valence-electron chi connectivity index (χ4n) is 3.89. The van der Waals surface area contributed by atoms with Crippen molar-refractivity contribution in [1.29, 1.82) is 0 Å². The Hall–Kier alpha value is -2.76. The van der Waals surface area contributed by atoms with E-state index < -0.39 is 0 Å². The van der Waals surface area contributed by atoms with Crippen LogP contribution in [0.3, 0.4) is 0 Å². The fraction of sp³-hybridized carbons (Fsp3) is 0.455. The van der Waals surface area contributed by atoms with Gasteiger partial charge in [-0.15, -0.1) is 0 Å². The number of rotatable bonds is 4. The summed E-state index contributed by atoms with van der Waals surface area (Å²) < 4.78 is 11.1. The van der Waals surface area contributed by atoms with E-state index in [2.05, 4.69) is 27.3 Å². The summed E-state index contributed by atoms with van der Waals surface area (Å²) in [5, 5.41) is 3.23. The van der Waals surface area contributed by atoms with Crippen molar-refractivity contribution in [1.82, 2.24) is 10.3 Å². The van der Waals surface area contributed by atoms with E-state index >= 15 is 0 Å². The molecule has 6 nitrogen and oxygen atoms in total. The smallest absolute Gasteiger partial charge is 0.227 e. The van der Waals surface area contributed by atoms with Crippen molar-refractivity contribution in [3.63, 3.8) is 0 Å². The van der Waals surface area contributed by atoms with Gasteiger partial charge in [0.15, 0.2) is 0 Å². The van der Waals surface area contributed by atoms with E-state index in [0.29, 0.717) is 13.0 Å². The van der Waals surface area contributed by atoms with Crippen LogP contribution in [-0.2, 0) is 11.2 Å². The predicted octanol–water partition coefficient (Wildman–Crippen LogP) is 2.73. The molecule has 1 amide bonds. The Morgan fingerprint density at radius 1 is 1.25 bits per heavy atom. The first-order valence-electron chi connectivity index (χ1n) is 9.90. The maximum Gasteiger partial charge on any atom is 0.227 e. The van der Waals surface area contributed by atoms with Crippen LogP contribution in [-0.4, -0.2) is 43.7 Å². The number of pyridine rings is 1. The third kappa shape index (κ3) is 4.06. The third-order valence-electron chi connectivity index (χ3n) is 5.61. The van der Waals surface area contributed by atoms with E-state index in [1.807, 2.05) is 31.3 Å². The normalized spacial score (nSPS) is 19.5. The number of hydrogen-bond acceptors (Lipinski definition) is 5. The second-order valence-electron chi connectivity index (χ2n) is 7.65. The maximum atomic E-state index is 12.8. The number of aromatic nitrogens is 1. The quantitative estimate of drug-likeness (QED) is 0.882. The van der Waals surface area contributed by atoms with Crippen molar-refractivity contribution in [3.05, 3.63) is 47.7 Å². The van der Waals surface area contributed by atoms with Gasteiger partial charge in [0.05, 0.1) is 13.0 Å². The minimum absolute atomic E-state index is 0.0837. The first kappa shape index (κ1) is 18.6. The minimum atomic E-state index is -0.156. The first-order valence-corrected chi connectivity index (χ1v) is 9.90. The van der Waals surface area contributed by atoms with Crippen LogP contribution in [0, 0.1) is 12.8 Å². The molecular formula is C22H27N3O3. The highest BCUT2D eigenvalue weighted by Crippen LogP contribution is 2.31. The van der Waals surface area contributed by atoms with Crippen molar-refractivity contribution in [2.45, 2.75) is 32.2 Å². The van der Waals surface area contributed by atoms with E-state index in [0.717, 1.165) is 48.8 Å². The van der Waals surface area contributed by atoms with E-state index in [9.17, 15) is 4.79 Å². The van der Waals surface area contributed by atoms with E-state index in [1.165, 1.54) is 5.56 Å². The molecule has 0 aliphatic carbocycles. The zero-order valence-electron chi connectivity index (χ0n) is 16.5. The molecule has 2 aliphatic rings. The van der Waals surface area contributed by atoms with Gasteiger partial charge in [-0.3, -0.25) is 4.79 Å². The highest BCUT2D eigenvalue weighted by molar-refractivity contribution is 5.80. The van der Waals surface area contributed by atoms with E-state index in [4.69, 9.17) is 9.47 Å². The van der Waals surface area contributed by atoms with Crippen molar-refractivity contribution in [3.8, 4) is 11.5 Å². The molecule has 2 aromatic rings. The number of benzene rings is 1. The molecule has 1 aromatic carbocycles. The van der Waals surface area contributed by atoms with Crippen LogP contribution in [0.1, 0.15) is 24.0 Å². The lowest BCUT2D eigenvalue weighted by Gasteiger charge is -2.34. The molecule has 0 spiro atoms. The van der Waals surface area contributed by atoms with Gasteiger partial charge >= 0.3 is 0 Å². The van der Waals surface area contributed by atoms with Gasteiger partial charge in [0.25, 0.3) is 0 Å². The molecule has 1 fully saturated rings. The Morgan fingerprint density at radius 3 is 2.79 bits per heavy atom. The molecule has 0 saturated carbocycles. The summed E-state index contributed by atoms with van der Waals surface area (Å²) in [5.41, 5.74) is 2.20. The number of amides is 1. The average molecular weight is 381 g/mol. The minimum Gasteiger partial charge on any atom is -0.497 e. The first-order chi connectivity index (χ1) is 13.6. The number of carbonyl (C=O) groups is 1. The molecule has 0 radical (unpaired) electrons. The number of nitrogens with zero attached hydrogens (tertiary/aromatic N) is 2. The molecule has 0 bridgehead atoms. The largest absolute Gasteiger partial charge is 0.497 e. The lowest BCUT2D eigenvalue weighted by atomic mass is 9.94. The Balaban J connectivity index is 1.30. The Labute approximate surface area is 165 Å². The average Bonchev–Trinajstić information content (AvgIpc) is 2.74. The molecular weight excluding hydrogens is 354 g/mol. The number of aryl methyl sites for hydroxylation is 1. The van der Waals surface area contributed by atoms with Crippen molar-refractivity contribution < 1.29 is 14.3 Å². The fourth-order valence-corrected chi connectivity index (χ4v) is 3.89. The van der Waals surface area contributed by atoms with Gasteiger partial charge in [-0.2, -0.15) is 0 Å². The number of anilines is 1. The van der Waals surface area contributed by atoms with Gasteiger partial charge in [0.1, 0.15) is 23.9 Å². The highest BCUT2D eigenvalue weighted by atomic mass is 16.5. The van der Waals surface area contributed by atoms with Crippen LogP contribution in [0.25, 0.3) is 0 Å². The molecule has 6 heteroatoms. The van der Waals surface area contributed by atoms with Crippen LogP contribution < -0.4 is 19.7 Å². The molecule has 4 rings (SSSR count). The summed E-state index contributed by atoms with van der Waals surface area (Å²) >= 11 is 0. The summed E-state index contributed by atoms with van der Waals surface area (Å²) in [7, 11) is 1.65. The van der Waals surface area contributed by atoms with E-state index in [-0.39, 0.29) is 17.9 Å². The summed E-state index contributed by atoms with van der Waals surface area (Å²) in [6.07, 6.45) is 4.45. The number of ether oxygens (including phenoxy) is 2. The second-order valence-corrected chi connectivity index (χ2v) is 7.65. The summed E-state index contributed by atoms with van der Waals surface area (Å²) in [5.74, 6) is 2.59. The van der Waals surface area contributed by atoms with Crippen molar-refractivity contribution >= 4 is 11.7 Å². The van der Waals surface area contributed by atoms with Crippen LogP contribution in [0.5, 0.6) is 11.5 Å². The lowest BCUT2D eigenvalue weighted by molar-refractivity contribution is -0.127. The molecule has 2 aliphatic heterocycles. The standard InChI is InChI=1S/C22H27N3O3/c1-15-3-6-21(23-13-15)25-9-7-18(8-10-25)24-22(26)17-11-16-12-19(27-2)4-5-20(16)28-14-17/h3-6,12-13,17-18H,7-11,14H2,1-2H3,(H,24,26). The Morgan fingerprint density at radius 2 is 2.07 bits per heavy atom. The number of methoxy groups -OCH3 is 1. The van der Waals surface area contributed by atoms with E-state index in [1.54, 1.807) is 7.11 Å². The summed E-state index contributed by atoms with van der Waals surface area (Å²) in [6, 6.07) is 10.1. The molecule has 1 saturated heterocycles. The van der Waals surface area contributed by atoms with Gasteiger partial charge in [0, 0.05) is 25.3 Å². The molecule has 1 unspecified atom stereocenters. The molecule has 1 atom stereocenters. The highest BCUT2D eigenvalue weighted by Gasteiger charge is 2.29. The number of piperidine rings is 1. The molecule has 1 aromatic heterocycles. The Bertz CT molecular complexity index is 829. The number of nitrogens with one attached hydrogen (secondary N) is 1. The monoisotopic (exact) mass is 381 g/mol. The lowest BCUT2D eigenvalue weighted by Crippen LogP contribution is -2.48. The van der Waals surface area contributed by atoms with Crippen LogP contribution >= 0.6 is 0 Å². The predicted molar refractivity (Wildman–Crippen MR) is 108 cm³/mol. The van der Waals surface area contributed by atoms with Crippen molar-refractivity contribution in [2.24, 2.45) is 5.92 Å². The summed E-state index contributed by atoms with van der Waals surface area (Å²) in [6.45, 7) is 4.28. The number of carbonyl (C=O) groups excluding carboxylic acids is 1. The molecule has 148 valence electrons.